The number of amides is 1. The Kier molecular flexibility index (Phi) is 5.56. The van der Waals surface area contributed by atoms with Gasteiger partial charge >= 0.3 is 12.1 Å². The maximum atomic E-state index is 11.6. The molecule has 6 heteroatoms. The first-order valence-corrected chi connectivity index (χ1v) is 6.93. The second-order valence-corrected chi connectivity index (χ2v) is 6.29. The van der Waals surface area contributed by atoms with E-state index in [-0.39, 0.29) is 6.42 Å². The van der Waals surface area contributed by atoms with Gasteiger partial charge in [-0.25, -0.2) is 9.59 Å². The van der Waals surface area contributed by atoms with Crippen LogP contribution < -0.4 is 5.32 Å². The van der Waals surface area contributed by atoms with Gasteiger partial charge in [0.05, 0.1) is 0 Å². The minimum Gasteiger partial charge on any atom is -0.480 e. The van der Waals surface area contributed by atoms with E-state index in [4.69, 9.17) is 9.84 Å². The smallest absolute Gasteiger partial charge is 0.408 e. The number of ether oxygens (including phenoxy) is 1. The lowest BCUT2D eigenvalue weighted by Crippen LogP contribution is -2.44. The van der Waals surface area contributed by atoms with E-state index in [1.807, 2.05) is 18.2 Å². The topological polar surface area (TPSA) is 75.6 Å². The van der Waals surface area contributed by atoms with E-state index >= 15 is 0 Å². The monoisotopic (exact) mass is 343 g/mol. The van der Waals surface area contributed by atoms with Crippen molar-refractivity contribution in [1.82, 2.24) is 5.32 Å². The van der Waals surface area contributed by atoms with Crippen molar-refractivity contribution in [2.24, 2.45) is 0 Å². The number of hydrogen-bond donors (Lipinski definition) is 2. The summed E-state index contributed by atoms with van der Waals surface area (Å²) < 4.78 is 5.91. The third kappa shape index (κ3) is 6.06. The van der Waals surface area contributed by atoms with E-state index in [0.717, 1.165) is 10.0 Å². The molecule has 0 aliphatic carbocycles. The molecule has 1 aromatic carbocycles. The van der Waals surface area contributed by atoms with Gasteiger partial charge in [-0.05, 0) is 38.5 Å². The first-order chi connectivity index (χ1) is 9.17. The van der Waals surface area contributed by atoms with Crippen molar-refractivity contribution in [3.63, 3.8) is 0 Å². The van der Waals surface area contributed by atoms with Crippen molar-refractivity contribution in [3.05, 3.63) is 34.3 Å². The van der Waals surface area contributed by atoms with Crippen LogP contribution in [0.15, 0.2) is 28.7 Å². The molecule has 0 bridgehead atoms. The summed E-state index contributed by atoms with van der Waals surface area (Å²) in [5.41, 5.74) is 0.144. The number of hydrogen-bond acceptors (Lipinski definition) is 3. The number of carboxylic acids is 1. The molecular weight excluding hydrogens is 326 g/mol. The van der Waals surface area contributed by atoms with Crippen molar-refractivity contribution in [3.8, 4) is 0 Å². The van der Waals surface area contributed by atoms with E-state index < -0.39 is 23.7 Å². The van der Waals surface area contributed by atoms with Gasteiger partial charge in [-0.15, -0.1) is 0 Å². The Morgan fingerprint density at radius 1 is 1.40 bits per heavy atom. The minimum absolute atomic E-state index is 0.189. The highest BCUT2D eigenvalue weighted by atomic mass is 79.9. The molecule has 0 unspecified atom stereocenters. The molecular formula is C14H18BrNO4. The van der Waals surface area contributed by atoms with Crippen molar-refractivity contribution < 1.29 is 19.4 Å². The molecule has 2 N–H and O–H groups in total. The van der Waals surface area contributed by atoms with Gasteiger partial charge < -0.3 is 15.2 Å². The summed E-state index contributed by atoms with van der Waals surface area (Å²) in [7, 11) is 0. The average Bonchev–Trinajstić information content (AvgIpc) is 2.25. The van der Waals surface area contributed by atoms with Crippen LogP contribution in [-0.4, -0.2) is 28.8 Å². The summed E-state index contributed by atoms with van der Waals surface area (Å²) in [6.07, 6.45) is -0.548. The molecule has 0 radical (unpaired) electrons. The lowest BCUT2D eigenvalue weighted by molar-refractivity contribution is -0.139. The van der Waals surface area contributed by atoms with Gasteiger partial charge in [0, 0.05) is 10.9 Å². The van der Waals surface area contributed by atoms with Gasteiger partial charge in [0.2, 0.25) is 0 Å². The Morgan fingerprint density at radius 3 is 2.55 bits per heavy atom. The maximum Gasteiger partial charge on any atom is 0.408 e. The zero-order valence-corrected chi connectivity index (χ0v) is 13.2. The second-order valence-electron chi connectivity index (χ2n) is 5.37. The molecule has 0 heterocycles. The van der Waals surface area contributed by atoms with E-state index in [9.17, 15) is 9.59 Å². The van der Waals surface area contributed by atoms with E-state index in [0.29, 0.717) is 0 Å². The molecule has 0 saturated heterocycles. The molecule has 0 aromatic heterocycles. The van der Waals surface area contributed by atoms with E-state index in [2.05, 4.69) is 21.2 Å². The average molecular weight is 344 g/mol. The van der Waals surface area contributed by atoms with Crippen molar-refractivity contribution in [2.45, 2.75) is 38.8 Å². The quantitative estimate of drug-likeness (QED) is 0.881. The van der Waals surface area contributed by atoms with Crippen molar-refractivity contribution >= 4 is 28.0 Å². The lowest BCUT2D eigenvalue weighted by Gasteiger charge is -2.22. The standard InChI is InChI=1S/C14H18BrNO4/c1-14(2,3)20-13(19)16-11(12(17)18)8-9-5-4-6-10(15)7-9/h4-7,11H,8H2,1-3H3,(H,16,19)(H,17,18)/t11-/m1/s1. The van der Waals surface area contributed by atoms with Crippen LogP contribution in [0.3, 0.4) is 0 Å². The zero-order valence-electron chi connectivity index (χ0n) is 11.6. The van der Waals surface area contributed by atoms with E-state index in [1.54, 1.807) is 26.8 Å². The summed E-state index contributed by atoms with van der Waals surface area (Å²) >= 11 is 3.32. The molecule has 1 atom stereocenters. The van der Waals surface area contributed by atoms with E-state index in [1.165, 1.54) is 0 Å². The van der Waals surface area contributed by atoms with Crippen LogP contribution in [0.5, 0.6) is 0 Å². The second kappa shape index (κ2) is 6.74. The van der Waals surface area contributed by atoms with Gasteiger partial charge in [0.15, 0.2) is 0 Å². The molecule has 0 fully saturated rings. The molecule has 1 rings (SSSR count). The number of nitrogens with one attached hydrogen (secondary N) is 1. The number of benzene rings is 1. The highest BCUT2D eigenvalue weighted by Gasteiger charge is 2.24. The van der Waals surface area contributed by atoms with Crippen LogP contribution in [0.4, 0.5) is 4.79 Å². The van der Waals surface area contributed by atoms with Gasteiger partial charge in [-0.2, -0.15) is 0 Å². The zero-order chi connectivity index (χ0) is 15.3. The predicted octanol–water partition coefficient (Wildman–Crippen LogP) is 2.97. The molecule has 1 aromatic rings. The highest BCUT2D eigenvalue weighted by Crippen LogP contribution is 2.14. The first kappa shape index (κ1) is 16.5. The fraction of sp³-hybridized carbons (Fsp3) is 0.429. The fourth-order valence-corrected chi connectivity index (χ4v) is 2.00. The number of aliphatic carboxylic acids is 1. The van der Waals surface area contributed by atoms with Crippen LogP contribution in [0.1, 0.15) is 26.3 Å². The minimum atomic E-state index is -1.10. The fourth-order valence-electron chi connectivity index (χ4n) is 1.55. The highest BCUT2D eigenvalue weighted by molar-refractivity contribution is 9.10. The molecule has 0 spiro atoms. The van der Waals surface area contributed by atoms with Gasteiger partial charge in [0.25, 0.3) is 0 Å². The Hall–Kier alpha value is -1.56. The molecule has 1 amide bonds. The molecule has 0 saturated carbocycles. The number of alkyl carbamates (subject to hydrolysis) is 1. The van der Waals surface area contributed by atoms with Crippen molar-refractivity contribution in [2.75, 3.05) is 0 Å². The molecule has 5 nitrogen and oxygen atoms in total. The van der Waals surface area contributed by atoms with Crippen LogP contribution in [0, 0.1) is 0 Å². The number of halogens is 1. The largest absolute Gasteiger partial charge is 0.480 e. The summed E-state index contributed by atoms with van der Waals surface area (Å²) in [6, 6.07) is 6.25. The molecule has 0 aliphatic rings. The normalized spacial score (nSPS) is 12.6. The molecule has 20 heavy (non-hydrogen) atoms. The number of rotatable bonds is 4. The Morgan fingerprint density at radius 2 is 2.05 bits per heavy atom. The maximum absolute atomic E-state index is 11.6. The Bertz CT molecular complexity index is 496. The third-order valence-corrected chi connectivity index (χ3v) is 2.81. The third-order valence-electron chi connectivity index (χ3n) is 2.32. The van der Waals surface area contributed by atoms with Gasteiger partial charge in [-0.3, -0.25) is 0 Å². The summed E-state index contributed by atoms with van der Waals surface area (Å²) in [5.74, 6) is -1.10. The Labute approximate surface area is 126 Å². The number of carbonyl (C=O) groups excluding carboxylic acids is 1. The van der Waals surface area contributed by atoms with Crippen molar-refractivity contribution in [1.29, 1.82) is 0 Å². The SMILES string of the molecule is CC(C)(C)OC(=O)N[C@H](Cc1cccc(Br)c1)C(=O)O. The van der Waals surface area contributed by atoms with Crippen LogP contribution in [0.25, 0.3) is 0 Å². The lowest BCUT2D eigenvalue weighted by atomic mass is 10.1. The number of carbonyl (C=O) groups is 2. The Balaban J connectivity index is 2.71. The summed E-state index contributed by atoms with van der Waals surface area (Å²) in [6.45, 7) is 5.16. The molecule has 110 valence electrons. The summed E-state index contributed by atoms with van der Waals surface area (Å²) in [5, 5.41) is 11.5. The van der Waals surface area contributed by atoms with Crippen LogP contribution >= 0.6 is 15.9 Å². The first-order valence-electron chi connectivity index (χ1n) is 6.14. The van der Waals surface area contributed by atoms with Gasteiger partial charge in [-0.1, -0.05) is 28.1 Å². The van der Waals surface area contributed by atoms with Gasteiger partial charge in [0.1, 0.15) is 11.6 Å². The van der Waals surface area contributed by atoms with Crippen LogP contribution in [-0.2, 0) is 16.0 Å². The summed E-state index contributed by atoms with van der Waals surface area (Å²) in [4.78, 5) is 22.8. The number of carboxylic acid groups (broad SMARTS) is 1. The predicted molar refractivity (Wildman–Crippen MR) is 78.6 cm³/mol. The van der Waals surface area contributed by atoms with Crippen LogP contribution in [0.2, 0.25) is 0 Å². The molecule has 0 aliphatic heterocycles.